The first-order chi connectivity index (χ1) is 8.28. The maximum absolute atomic E-state index is 13.3. The van der Waals surface area contributed by atoms with Gasteiger partial charge < -0.3 is 10.1 Å². The van der Waals surface area contributed by atoms with Gasteiger partial charge in [-0.25, -0.2) is 4.39 Å². The number of hydrogen-bond acceptors (Lipinski definition) is 2. The molecule has 0 aliphatic rings. The Hall–Kier alpha value is -0.930. The molecule has 18 heavy (non-hydrogen) atoms. The second-order valence-electron chi connectivity index (χ2n) is 5.86. The Balaban J connectivity index is 2.78. The lowest BCUT2D eigenvalue weighted by Gasteiger charge is -2.27. The van der Waals surface area contributed by atoms with Crippen LogP contribution in [0.2, 0.25) is 0 Å². The van der Waals surface area contributed by atoms with Crippen LogP contribution in [0.4, 0.5) is 4.39 Å². The monoisotopic (exact) mass is 253 g/mol. The minimum Gasteiger partial charge on any atom is -0.370 e. The number of halogens is 1. The summed E-state index contributed by atoms with van der Waals surface area (Å²) < 4.78 is 19.1. The first-order valence-corrected chi connectivity index (χ1v) is 6.44. The van der Waals surface area contributed by atoms with Gasteiger partial charge in [0.05, 0.1) is 12.2 Å². The van der Waals surface area contributed by atoms with Crippen molar-refractivity contribution in [2.45, 2.75) is 52.4 Å². The highest BCUT2D eigenvalue weighted by atomic mass is 19.1. The Morgan fingerprint density at radius 2 is 1.94 bits per heavy atom. The van der Waals surface area contributed by atoms with Gasteiger partial charge in [-0.3, -0.25) is 0 Å². The van der Waals surface area contributed by atoms with Crippen LogP contribution in [0.5, 0.6) is 0 Å². The lowest BCUT2D eigenvalue weighted by molar-refractivity contribution is 0.00390. The van der Waals surface area contributed by atoms with Crippen molar-refractivity contribution in [1.82, 2.24) is 5.32 Å². The molecule has 0 saturated heterocycles. The average Bonchev–Trinajstić information content (AvgIpc) is 2.22. The van der Waals surface area contributed by atoms with E-state index in [0.717, 1.165) is 5.56 Å². The lowest BCUT2D eigenvalue weighted by atomic mass is 10.1. The first-order valence-electron chi connectivity index (χ1n) is 6.44. The zero-order valence-electron chi connectivity index (χ0n) is 12.0. The summed E-state index contributed by atoms with van der Waals surface area (Å²) >= 11 is 0. The molecule has 0 bridgehead atoms. The second kappa shape index (κ2) is 6.30. The van der Waals surface area contributed by atoms with Crippen LogP contribution in [0.1, 0.15) is 46.3 Å². The van der Waals surface area contributed by atoms with E-state index in [9.17, 15) is 4.39 Å². The van der Waals surface area contributed by atoms with Crippen molar-refractivity contribution in [3.63, 3.8) is 0 Å². The van der Waals surface area contributed by atoms with Crippen molar-refractivity contribution in [2.24, 2.45) is 0 Å². The summed E-state index contributed by atoms with van der Waals surface area (Å²) in [7, 11) is 0. The maximum Gasteiger partial charge on any atom is 0.123 e. The summed E-state index contributed by atoms with van der Waals surface area (Å²) in [6.45, 7) is 11.0. The molecular weight excluding hydrogens is 229 g/mol. The van der Waals surface area contributed by atoms with Crippen LogP contribution in [0, 0.1) is 5.82 Å². The molecule has 0 heterocycles. The van der Waals surface area contributed by atoms with Gasteiger partial charge in [0, 0.05) is 12.1 Å². The highest BCUT2D eigenvalue weighted by Crippen LogP contribution is 2.20. The molecule has 1 unspecified atom stereocenters. The van der Waals surface area contributed by atoms with Crippen LogP contribution in [-0.4, -0.2) is 18.2 Å². The Labute approximate surface area is 110 Å². The van der Waals surface area contributed by atoms with Gasteiger partial charge in [-0.1, -0.05) is 12.1 Å². The molecule has 1 atom stereocenters. The Kier molecular flexibility index (Phi) is 5.29. The minimum atomic E-state index is -0.222. The first kappa shape index (κ1) is 15.1. The van der Waals surface area contributed by atoms with E-state index in [1.54, 1.807) is 6.07 Å². The molecule has 1 N–H and O–H groups in total. The van der Waals surface area contributed by atoms with E-state index in [-0.39, 0.29) is 23.6 Å². The average molecular weight is 253 g/mol. The van der Waals surface area contributed by atoms with E-state index >= 15 is 0 Å². The van der Waals surface area contributed by atoms with E-state index < -0.39 is 0 Å². The molecule has 2 nitrogen and oxygen atoms in total. The summed E-state index contributed by atoms with van der Waals surface area (Å²) in [5, 5.41) is 3.40. The molecule has 102 valence electrons. The van der Waals surface area contributed by atoms with Gasteiger partial charge in [0.1, 0.15) is 5.82 Å². The topological polar surface area (TPSA) is 21.3 Å². The predicted molar refractivity (Wildman–Crippen MR) is 73.1 cm³/mol. The van der Waals surface area contributed by atoms with Gasteiger partial charge in [-0.05, 0) is 52.3 Å². The van der Waals surface area contributed by atoms with Crippen LogP contribution in [-0.2, 0) is 4.74 Å². The van der Waals surface area contributed by atoms with Gasteiger partial charge in [0.2, 0.25) is 0 Å². The van der Waals surface area contributed by atoms with Gasteiger partial charge in [-0.15, -0.1) is 0 Å². The highest BCUT2D eigenvalue weighted by Gasteiger charge is 2.17. The number of nitrogens with one attached hydrogen (secondary N) is 1. The van der Waals surface area contributed by atoms with Crippen molar-refractivity contribution in [3.05, 3.63) is 35.6 Å². The predicted octanol–water partition coefficient (Wildman–Crippen LogP) is 3.68. The maximum atomic E-state index is 13.3. The molecule has 1 rings (SSSR count). The molecule has 1 aromatic rings. The van der Waals surface area contributed by atoms with Crippen molar-refractivity contribution in [2.75, 3.05) is 6.54 Å². The SMILES string of the molecule is CC(C)OC(CNC(C)(C)C)c1cccc(F)c1. The van der Waals surface area contributed by atoms with Crippen LogP contribution in [0.25, 0.3) is 0 Å². The quantitative estimate of drug-likeness (QED) is 0.864. The van der Waals surface area contributed by atoms with E-state index in [0.29, 0.717) is 6.54 Å². The molecule has 0 aliphatic carbocycles. The smallest absolute Gasteiger partial charge is 0.123 e. The zero-order valence-corrected chi connectivity index (χ0v) is 12.0. The molecule has 0 aliphatic heterocycles. The molecule has 0 amide bonds. The summed E-state index contributed by atoms with van der Waals surface area (Å²) in [6, 6.07) is 6.61. The van der Waals surface area contributed by atoms with Crippen molar-refractivity contribution >= 4 is 0 Å². The van der Waals surface area contributed by atoms with Crippen LogP contribution in [0.3, 0.4) is 0 Å². The largest absolute Gasteiger partial charge is 0.370 e. The molecule has 0 saturated carbocycles. The van der Waals surface area contributed by atoms with Gasteiger partial charge >= 0.3 is 0 Å². The molecule has 3 heteroatoms. The van der Waals surface area contributed by atoms with Gasteiger partial charge in [0.15, 0.2) is 0 Å². The van der Waals surface area contributed by atoms with E-state index in [1.165, 1.54) is 12.1 Å². The van der Waals surface area contributed by atoms with E-state index in [1.807, 2.05) is 19.9 Å². The van der Waals surface area contributed by atoms with E-state index in [2.05, 4.69) is 26.1 Å². The molecule has 0 fully saturated rings. The number of ether oxygens (including phenoxy) is 1. The van der Waals surface area contributed by atoms with Crippen molar-refractivity contribution in [3.8, 4) is 0 Å². The molecular formula is C15H24FNO. The third-order valence-corrected chi connectivity index (χ3v) is 2.47. The van der Waals surface area contributed by atoms with E-state index in [4.69, 9.17) is 4.74 Å². The Morgan fingerprint density at radius 3 is 2.44 bits per heavy atom. The summed E-state index contributed by atoms with van der Waals surface area (Å²) in [5.41, 5.74) is 0.895. The fourth-order valence-electron chi connectivity index (χ4n) is 1.68. The summed E-state index contributed by atoms with van der Waals surface area (Å²) in [5.74, 6) is -0.222. The Bertz CT molecular complexity index is 371. The van der Waals surface area contributed by atoms with Crippen molar-refractivity contribution in [1.29, 1.82) is 0 Å². The number of hydrogen-bond donors (Lipinski definition) is 1. The summed E-state index contributed by atoms with van der Waals surface area (Å²) in [6.07, 6.45) is -0.0139. The zero-order chi connectivity index (χ0) is 13.8. The number of benzene rings is 1. The third kappa shape index (κ3) is 5.61. The molecule has 0 aromatic heterocycles. The van der Waals surface area contributed by atoms with Crippen LogP contribution < -0.4 is 5.32 Å². The second-order valence-corrected chi connectivity index (χ2v) is 5.86. The number of rotatable bonds is 5. The Morgan fingerprint density at radius 1 is 1.28 bits per heavy atom. The van der Waals surface area contributed by atoms with Crippen LogP contribution in [0.15, 0.2) is 24.3 Å². The van der Waals surface area contributed by atoms with Gasteiger partial charge in [-0.2, -0.15) is 0 Å². The third-order valence-electron chi connectivity index (χ3n) is 2.47. The standard InChI is InChI=1S/C15H24FNO/c1-11(2)18-14(10-17-15(3,4)5)12-7-6-8-13(16)9-12/h6-9,11,14,17H,10H2,1-5H3. The van der Waals surface area contributed by atoms with Crippen molar-refractivity contribution < 1.29 is 9.13 Å². The lowest BCUT2D eigenvalue weighted by Crippen LogP contribution is -2.39. The fraction of sp³-hybridized carbons (Fsp3) is 0.600. The fourth-order valence-corrected chi connectivity index (χ4v) is 1.68. The van der Waals surface area contributed by atoms with Crippen LogP contribution >= 0.6 is 0 Å². The molecule has 1 aromatic carbocycles. The van der Waals surface area contributed by atoms with Gasteiger partial charge in [0.25, 0.3) is 0 Å². The highest BCUT2D eigenvalue weighted by molar-refractivity contribution is 5.19. The summed E-state index contributed by atoms with van der Waals surface area (Å²) in [4.78, 5) is 0. The molecule has 0 spiro atoms. The molecule has 0 radical (unpaired) electrons. The minimum absolute atomic E-state index is 0.0198. The normalized spacial score (nSPS) is 13.9.